The molecule has 3 rings (SSSR count). The van der Waals surface area contributed by atoms with Gasteiger partial charge in [-0.05, 0) is 24.4 Å². The minimum Gasteiger partial charge on any atom is -0.444 e. The third-order valence-corrected chi connectivity index (χ3v) is 3.01. The van der Waals surface area contributed by atoms with Crippen molar-refractivity contribution in [2.45, 2.75) is 13.5 Å². The fraction of sp³-hybridized carbons (Fsp3) is 0.143. The Labute approximate surface area is 109 Å². The summed E-state index contributed by atoms with van der Waals surface area (Å²) in [5.41, 5.74) is 5.80. The van der Waals surface area contributed by atoms with Gasteiger partial charge in [0.05, 0.1) is 6.20 Å². The number of nitrogens with two attached hydrogens (primary N) is 1. The van der Waals surface area contributed by atoms with Crippen LogP contribution in [0, 0.1) is 6.92 Å². The predicted octanol–water partition coefficient (Wildman–Crippen LogP) is 1.93. The maximum Gasteiger partial charge on any atom is 0.260 e. The molecule has 0 amide bonds. The summed E-state index contributed by atoms with van der Waals surface area (Å²) in [6.07, 6.45) is 1.62. The number of rotatable bonds is 2. The van der Waals surface area contributed by atoms with Crippen LogP contribution in [-0.4, -0.2) is 9.55 Å². The smallest absolute Gasteiger partial charge is 0.260 e. The van der Waals surface area contributed by atoms with Crippen LogP contribution in [0.1, 0.15) is 11.7 Å². The van der Waals surface area contributed by atoms with Gasteiger partial charge < -0.3 is 10.2 Å². The van der Waals surface area contributed by atoms with Gasteiger partial charge in [0.25, 0.3) is 5.56 Å². The van der Waals surface area contributed by atoms with E-state index < -0.39 is 0 Å². The van der Waals surface area contributed by atoms with Gasteiger partial charge in [-0.25, -0.2) is 4.98 Å². The van der Waals surface area contributed by atoms with Crippen LogP contribution < -0.4 is 11.3 Å². The molecule has 0 bridgehead atoms. The number of anilines is 1. The Morgan fingerprint density at radius 3 is 2.89 bits per heavy atom. The summed E-state index contributed by atoms with van der Waals surface area (Å²) in [6.45, 7) is 2.05. The summed E-state index contributed by atoms with van der Waals surface area (Å²) in [7, 11) is 0. The number of aryl methyl sites for hydroxylation is 1. The molecule has 0 atom stereocenters. The summed E-state index contributed by atoms with van der Waals surface area (Å²) in [5, 5.41) is 1.48. The molecule has 2 heterocycles. The minimum absolute atomic E-state index is 0.133. The number of hydrogen-bond donors (Lipinski definition) is 1. The van der Waals surface area contributed by atoms with E-state index in [4.69, 9.17) is 10.2 Å². The van der Waals surface area contributed by atoms with E-state index in [9.17, 15) is 4.79 Å². The molecule has 0 radical (unpaired) electrons. The van der Waals surface area contributed by atoms with Gasteiger partial charge in [-0.2, -0.15) is 0 Å². The first-order valence-electron chi connectivity index (χ1n) is 5.94. The van der Waals surface area contributed by atoms with Crippen molar-refractivity contribution in [1.82, 2.24) is 9.55 Å². The van der Waals surface area contributed by atoms with E-state index in [1.54, 1.807) is 18.3 Å². The lowest BCUT2D eigenvalue weighted by atomic mass is 10.1. The molecular formula is C14H13N3O2. The lowest BCUT2D eigenvalue weighted by molar-refractivity contribution is 0.456. The van der Waals surface area contributed by atoms with Crippen molar-refractivity contribution in [2.75, 3.05) is 5.73 Å². The van der Waals surface area contributed by atoms with Crippen LogP contribution in [0.15, 0.2) is 45.7 Å². The summed E-state index contributed by atoms with van der Waals surface area (Å²) >= 11 is 0. The number of pyridine rings is 1. The number of aromatic nitrogens is 2. The van der Waals surface area contributed by atoms with Crippen molar-refractivity contribution in [1.29, 1.82) is 0 Å². The second kappa shape index (κ2) is 4.28. The molecule has 3 aromatic rings. The van der Waals surface area contributed by atoms with Crippen molar-refractivity contribution in [3.8, 4) is 0 Å². The second-order valence-electron chi connectivity index (χ2n) is 4.41. The molecule has 0 saturated carbocycles. The molecule has 0 fully saturated rings. The van der Waals surface area contributed by atoms with Gasteiger partial charge in [0.2, 0.25) is 5.89 Å². The van der Waals surface area contributed by atoms with E-state index in [2.05, 4.69) is 4.98 Å². The monoisotopic (exact) mass is 255 g/mol. The van der Waals surface area contributed by atoms with Gasteiger partial charge in [-0.1, -0.05) is 18.2 Å². The van der Waals surface area contributed by atoms with Gasteiger partial charge in [0, 0.05) is 5.39 Å². The number of oxazole rings is 1. The first kappa shape index (κ1) is 11.5. The molecule has 2 N–H and O–H groups in total. The molecule has 0 spiro atoms. The van der Waals surface area contributed by atoms with Gasteiger partial charge >= 0.3 is 0 Å². The Bertz CT molecular complexity index is 802. The van der Waals surface area contributed by atoms with E-state index in [-0.39, 0.29) is 12.1 Å². The summed E-state index contributed by atoms with van der Waals surface area (Å²) in [6, 6.07) is 9.15. The summed E-state index contributed by atoms with van der Waals surface area (Å²) in [5.74, 6) is 1.59. The minimum atomic E-state index is -0.133. The first-order chi connectivity index (χ1) is 9.15. The highest BCUT2D eigenvalue weighted by atomic mass is 16.4. The van der Waals surface area contributed by atoms with E-state index >= 15 is 0 Å². The van der Waals surface area contributed by atoms with Crippen LogP contribution in [0.3, 0.4) is 0 Å². The van der Waals surface area contributed by atoms with E-state index in [0.717, 1.165) is 5.39 Å². The van der Waals surface area contributed by atoms with Crippen LogP contribution >= 0.6 is 0 Å². The number of nitrogens with zero attached hydrogens (tertiary/aromatic N) is 2. The van der Waals surface area contributed by atoms with Crippen LogP contribution in [0.5, 0.6) is 0 Å². The zero-order valence-electron chi connectivity index (χ0n) is 10.5. The lowest BCUT2D eigenvalue weighted by Gasteiger charge is -2.09. The van der Waals surface area contributed by atoms with Gasteiger partial charge in [0.15, 0.2) is 0 Å². The Morgan fingerprint density at radius 1 is 1.37 bits per heavy atom. The number of nitrogen functional groups attached to an aromatic ring is 1. The Kier molecular flexibility index (Phi) is 2.59. The average molecular weight is 255 g/mol. The Hall–Kier alpha value is -2.56. The molecule has 19 heavy (non-hydrogen) atoms. The Morgan fingerprint density at radius 2 is 2.16 bits per heavy atom. The summed E-state index contributed by atoms with van der Waals surface area (Å²) < 4.78 is 6.85. The molecule has 0 aliphatic carbocycles. The fourth-order valence-electron chi connectivity index (χ4n) is 2.09. The fourth-order valence-corrected chi connectivity index (χ4v) is 2.09. The summed E-state index contributed by atoms with van der Waals surface area (Å²) in [4.78, 5) is 16.5. The number of fused-ring (bicyclic) bond motifs is 1. The molecule has 0 saturated heterocycles. The molecule has 5 heteroatoms. The van der Waals surface area contributed by atoms with Crippen molar-refractivity contribution in [3.63, 3.8) is 0 Å². The standard InChI is InChI=1S/C14H13N3O2/c1-9-7-16-13(19-9)8-17-12(15)6-10-4-2-3-5-11(10)14(17)18/h2-7H,8,15H2,1H3. The molecule has 96 valence electrons. The van der Waals surface area contributed by atoms with E-state index in [1.165, 1.54) is 4.57 Å². The lowest BCUT2D eigenvalue weighted by Crippen LogP contribution is -2.23. The molecular weight excluding hydrogens is 242 g/mol. The topological polar surface area (TPSA) is 74.1 Å². The molecule has 2 aromatic heterocycles. The van der Waals surface area contributed by atoms with E-state index in [1.807, 2.05) is 25.1 Å². The molecule has 5 nitrogen and oxygen atoms in total. The quantitative estimate of drug-likeness (QED) is 0.759. The number of hydrogen-bond acceptors (Lipinski definition) is 4. The van der Waals surface area contributed by atoms with Crippen LogP contribution in [-0.2, 0) is 6.54 Å². The maximum absolute atomic E-state index is 12.4. The van der Waals surface area contributed by atoms with Gasteiger partial charge in [-0.15, -0.1) is 0 Å². The van der Waals surface area contributed by atoms with Crippen molar-refractivity contribution >= 4 is 16.6 Å². The van der Waals surface area contributed by atoms with Crippen molar-refractivity contribution in [2.24, 2.45) is 0 Å². The molecule has 0 aliphatic rings. The predicted molar refractivity (Wildman–Crippen MR) is 73.0 cm³/mol. The Balaban J connectivity index is 2.15. The first-order valence-corrected chi connectivity index (χ1v) is 5.94. The zero-order chi connectivity index (χ0) is 13.4. The largest absolute Gasteiger partial charge is 0.444 e. The molecule has 0 unspecified atom stereocenters. The van der Waals surface area contributed by atoms with E-state index in [0.29, 0.717) is 22.9 Å². The molecule has 1 aromatic carbocycles. The average Bonchev–Trinajstić information content (AvgIpc) is 2.80. The van der Waals surface area contributed by atoms with Crippen LogP contribution in [0.25, 0.3) is 10.8 Å². The van der Waals surface area contributed by atoms with Crippen LogP contribution in [0.4, 0.5) is 5.82 Å². The number of benzene rings is 1. The highest BCUT2D eigenvalue weighted by Crippen LogP contribution is 2.14. The van der Waals surface area contributed by atoms with Crippen molar-refractivity contribution < 1.29 is 4.42 Å². The van der Waals surface area contributed by atoms with Gasteiger partial charge in [0.1, 0.15) is 18.1 Å². The molecule has 0 aliphatic heterocycles. The van der Waals surface area contributed by atoms with Crippen LogP contribution in [0.2, 0.25) is 0 Å². The van der Waals surface area contributed by atoms with Crippen molar-refractivity contribution in [3.05, 3.63) is 58.5 Å². The third-order valence-electron chi connectivity index (χ3n) is 3.01. The third kappa shape index (κ3) is 1.99. The normalized spacial score (nSPS) is 11.0. The highest BCUT2D eigenvalue weighted by molar-refractivity contribution is 5.83. The zero-order valence-corrected chi connectivity index (χ0v) is 10.5. The SMILES string of the molecule is Cc1cnc(Cn2c(N)cc3ccccc3c2=O)o1. The highest BCUT2D eigenvalue weighted by Gasteiger charge is 2.09. The van der Waals surface area contributed by atoms with Gasteiger partial charge in [-0.3, -0.25) is 9.36 Å². The second-order valence-corrected chi connectivity index (χ2v) is 4.41. The maximum atomic E-state index is 12.4.